The van der Waals surface area contributed by atoms with Crippen LogP contribution in [-0.4, -0.2) is 11.8 Å². The number of benzene rings is 3. The minimum Gasteiger partial charge on any atom is -0.322 e. The second-order valence-electron chi connectivity index (χ2n) is 7.68. The number of hydrogen-bond donors (Lipinski definition) is 2. The zero-order valence-corrected chi connectivity index (χ0v) is 16.3. The summed E-state index contributed by atoms with van der Waals surface area (Å²) < 4.78 is 0. The summed E-state index contributed by atoms with van der Waals surface area (Å²) in [6.45, 7) is 6.45. The third-order valence-corrected chi connectivity index (χ3v) is 4.45. The van der Waals surface area contributed by atoms with Crippen molar-refractivity contribution in [1.29, 1.82) is 0 Å². The highest BCUT2D eigenvalue weighted by Crippen LogP contribution is 2.23. The molecule has 0 saturated carbocycles. The van der Waals surface area contributed by atoms with Crippen molar-refractivity contribution in [1.82, 2.24) is 0 Å². The second-order valence-corrected chi connectivity index (χ2v) is 7.68. The van der Waals surface area contributed by atoms with Crippen LogP contribution in [-0.2, 0) is 5.41 Å². The summed E-state index contributed by atoms with van der Waals surface area (Å²) in [6, 6.07) is 23.7. The summed E-state index contributed by atoms with van der Waals surface area (Å²) in [7, 11) is 0. The molecule has 0 bridgehead atoms. The fraction of sp³-hybridized carbons (Fsp3) is 0.167. The first-order valence-corrected chi connectivity index (χ1v) is 9.21. The third-order valence-electron chi connectivity index (χ3n) is 4.45. The molecule has 0 heterocycles. The molecular weight excluding hydrogens is 348 g/mol. The summed E-state index contributed by atoms with van der Waals surface area (Å²) in [6.07, 6.45) is 0. The highest BCUT2D eigenvalue weighted by Gasteiger charge is 2.14. The number of amides is 2. The molecule has 142 valence electrons. The van der Waals surface area contributed by atoms with Crippen LogP contribution in [0.1, 0.15) is 47.1 Å². The number of carbonyl (C=O) groups is 2. The van der Waals surface area contributed by atoms with Gasteiger partial charge in [0.15, 0.2) is 0 Å². The first kappa shape index (κ1) is 19.4. The lowest BCUT2D eigenvalue weighted by Gasteiger charge is -2.19. The van der Waals surface area contributed by atoms with Crippen molar-refractivity contribution in [3.05, 3.63) is 95.6 Å². The SMILES string of the molecule is CC(C)(C)c1ccc(NC(=O)c2ccc(C(=O)Nc3ccccc3)cc2)cc1. The zero-order chi connectivity index (χ0) is 20.1. The van der Waals surface area contributed by atoms with E-state index in [2.05, 4.69) is 31.4 Å². The standard InChI is InChI=1S/C24H24N2O2/c1-24(2,3)19-13-15-21(16-14-19)26-23(28)18-11-9-17(10-12-18)22(27)25-20-7-5-4-6-8-20/h4-16H,1-3H3,(H,25,27)(H,26,28). The van der Waals surface area contributed by atoms with Gasteiger partial charge >= 0.3 is 0 Å². The van der Waals surface area contributed by atoms with E-state index in [1.54, 1.807) is 24.3 Å². The summed E-state index contributed by atoms with van der Waals surface area (Å²) in [5.74, 6) is -0.422. The molecular formula is C24H24N2O2. The normalized spacial score (nSPS) is 11.0. The van der Waals surface area contributed by atoms with Crippen molar-refractivity contribution < 1.29 is 9.59 Å². The summed E-state index contributed by atoms with van der Waals surface area (Å²) in [4.78, 5) is 24.7. The molecule has 3 rings (SSSR count). The molecule has 3 aromatic rings. The van der Waals surface area contributed by atoms with Gasteiger partial charge < -0.3 is 10.6 Å². The van der Waals surface area contributed by atoms with Crippen LogP contribution >= 0.6 is 0 Å². The highest BCUT2D eigenvalue weighted by atomic mass is 16.2. The van der Waals surface area contributed by atoms with E-state index < -0.39 is 0 Å². The molecule has 28 heavy (non-hydrogen) atoms. The molecule has 2 N–H and O–H groups in total. The molecule has 0 aromatic heterocycles. The average molecular weight is 372 g/mol. The predicted molar refractivity (Wildman–Crippen MR) is 114 cm³/mol. The van der Waals surface area contributed by atoms with Crippen molar-refractivity contribution in [3.63, 3.8) is 0 Å². The minimum atomic E-state index is -0.212. The Morgan fingerprint density at radius 3 is 1.46 bits per heavy atom. The van der Waals surface area contributed by atoms with E-state index in [0.717, 1.165) is 11.4 Å². The molecule has 0 fully saturated rings. The molecule has 0 aliphatic carbocycles. The monoisotopic (exact) mass is 372 g/mol. The molecule has 0 saturated heterocycles. The van der Waals surface area contributed by atoms with E-state index in [1.165, 1.54) is 5.56 Å². The molecule has 0 aliphatic rings. The Bertz CT molecular complexity index is 954. The fourth-order valence-corrected chi connectivity index (χ4v) is 2.75. The number of nitrogens with one attached hydrogen (secondary N) is 2. The van der Waals surface area contributed by atoms with Crippen molar-refractivity contribution in [3.8, 4) is 0 Å². The van der Waals surface area contributed by atoms with E-state index in [9.17, 15) is 9.59 Å². The van der Waals surface area contributed by atoms with Crippen molar-refractivity contribution in [2.45, 2.75) is 26.2 Å². The van der Waals surface area contributed by atoms with Crippen molar-refractivity contribution in [2.24, 2.45) is 0 Å². The first-order chi connectivity index (χ1) is 13.3. The average Bonchev–Trinajstić information content (AvgIpc) is 2.68. The van der Waals surface area contributed by atoms with Crippen LogP contribution in [0.2, 0.25) is 0 Å². The maximum atomic E-state index is 12.5. The van der Waals surface area contributed by atoms with Crippen LogP contribution in [0, 0.1) is 0 Å². The summed E-state index contributed by atoms with van der Waals surface area (Å²) in [5, 5.41) is 5.71. The lowest BCUT2D eigenvalue weighted by Crippen LogP contribution is -2.15. The van der Waals surface area contributed by atoms with Crippen LogP contribution < -0.4 is 10.6 Å². The smallest absolute Gasteiger partial charge is 0.255 e. The van der Waals surface area contributed by atoms with Gasteiger partial charge in [-0.3, -0.25) is 9.59 Å². The van der Waals surface area contributed by atoms with Crippen LogP contribution in [0.3, 0.4) is 0 Å². The Labute approximate surface area is 165 Å². The predicted octanol–water partition coefficient (Wildman–Crippen LogP) is 5.49. The second kappa shape index (κ2) is 8.09. The van der Waals surface area contributed by atoms with Gasteiger partial charge in [-0.25, -0.2) is 0 Å². The molecule has 0 radical (unpaired) electrons. The number of para-hydroxylation sites is 1. The Kier molecular flexibility index (Phi) is 5.59. The van der Waals surface area contributed by atoms with Crippen molar-refractivity contribution in [2.75, 3.05) is 10.6 Å². The van der Waals surface area contributed by atoms with Gasteiger partial charge in [-0.05, 0) is 59.5 Å². The van der Waals surface area contributed by atoms with Gasteiger partial charge in [0, 0.05) is 22.5 Å². The maximum absolute atomic E-state index is 12.5. The first-order valence-electron chi connectivity index (χ1n) is 9.21. The largest absolute Gasteiger partial charge is 0.322 e. The quantitative estimate of drug-likeness (QED) is 0.636. The van der Waals surface area contributed by atoms with Gasteiger partial charge in [0.2, 0.25) is 0 Å². The Hall–Kier alpha value is -3.40. The van der Waals surface area contributed by atoms with Gasteiger partial charge in [0.05, 0.1) is 0 Å². The molecule has 0 spiro atoms. The lowest BCUT2D eigenvalue weighted by molar-refractivity contribution is 0.101. The van der Waals surface area contributed by atoms with Gasteiger partial charge in [-0.2, -0.15) is 0 Å². The van der Waals surface area contributed by atoms with Crippen molar-refractivity contribution >= 4 is 23.2 Å². The molecule has 3 aromatic carbocycles. The highest BCUT2D eigenvalue weighted by molar-refractivity contribution is 6.07. The molecule has 4 nitrogen and oxygen atoms in total. The van der Waals surface area contributed by atoms with E-state index >= 15 is 0 Å². The third kappa shape index (κ3) is 4.86. The van der Waals surface area contributed by atoms with Crippen LogP contribution in [0.25, 0.3) is 0 Å². The van der Waals surface area contributed by atoms with Crippen LogP contribution in [0.5, 0.6) is 0 Å². The number of rotatable bonds is 4. The van der Waals surface area contributed by atoms with Crippen LogP contribution in [0.15, 0.2) is 78.9 Å². The lowest BCUT2D eigenvalue weighted by atomic mass is 9.87. The van der Waals surface area contributed by atoms with E-state index in [0.29, 0.717) is 11.1 Å². The fourth-order valence-electron chi connectivity index (χ4n) is 2.75. The van der Waals surface area contributed by atoms with Gasteiger partial charge in [0.1, 0.15) is 0 Å². The van der Waals surface area contributed by atoms with Gasteiger partial charge in [-0.15, -0.1) is 0 Å². The maximum Gasteiger partial charge on any atom is 0.255 e. The molecule has 4 heteroatoms. The minimum absolute atomic E-state index is 0.0681. The number of hydrogen-bond acceptors (Lipinski definition) is 2. The van der Waals surface area contributed by atoms with E-state index in [-0.39, 0.29) is 17.2 Å². The number of carbonyl (C=O) groups excluding carboxylic acids is 2. The van der Waals surface area contributed by atoms with Gasteiger partial charge in [0.25, 0.3) is 11.8 Å². The zero-order valence-electron chi connectivity index (χ0n) is 16.3. The van der Waals surface area contributed by atoms with E-state index in [1.807, 2.05) is 54.6 Å². The van der Waals surface area contributed by atoms with Crippen LogP contribution in [0.4, 0.5) is 11.4 Å². The number of anilines is 2. The Balaban J connectivity index is 1.64. The topological polar surface area (TPSA) is 58.2 Å². The molecule has 0 atom stereocenters. The van der Waals surface area contributed by atoms with E-state index in [4.69, 9.17) is 0 Å². The molecule has 0 aliphatic heterocycles. The Morgan fingerprint density at radius 1 is 0.607 bits per heavy atom. The Morgan fingerprint density at radius 2 is 1.04 bits per heavy atom. The summed E-state index contributed by atoms with van der Waals surface area (Å²) >= 11 is 0. The molecule has 2 amide bonds. The molecule has 0 unspecified atom stereocenters. The van der Waals surface area contributed by atoms with Gasteiger partial charge in [-0.1, -0.05) is 51.1 Å². The summed E-state index contributed by atoms with van der Waals surface area (Å²) in [5.41, 5.74) is 3.74.